The Morgan fingerprint density at radius 2 is 2.31 bits per heavy atom. The first-order valence-electron chi connectivity index (χ1n) is 4.62. The first kappa shape index (κ1) is 8.73. The average Bonchev–Trinajstić information content (AvgIpc) is 2.63. The zero-order valence-electron chi connectivity index (χ0n) is 7.79. The molecule has 0 aliphatic carbocycles. The molecule has 1 N–H and O–H groups in total. The number of benzene rings is 1. The van der Waals surface area contributed by atoms with Crippen molar-refractivity contribution in [3.8, 4) is 0 Å². The number of aliphatic hydroxyl groups is 1. The summed E-state index contributed by atoms with van der Waals surface area (Å²) in [6, 6.07) is 6.21. The van der Waals surface area contributed by atoms with E-state index in [1.54, 1.807) is 0 Å². The highest BCUT2D eigenvalue weighted by atomic mass is 16.5. The van der Waals surface area contributed by atoms with E-state index >= 15 is 0 Å². The van der Waals surface area contributed by atoms with Crippen LogP contribution in [0.4, 0.5) is 0 Å². The lowest BCUT2D eigenvalue weighted by molar-refractivity contribution is 0.134. The predicted molar refractivity (Wildman–Crippen MR) is 50.4 cm³/mol. The third kappa shape index (κ3) is 1.47. The van der Waals surface area contributed by atoms with Crippen molar-refractivity contribution >= 4 is 0 Å². The molecule has 1 aliphatic rings. The maximum atomic E-state index is 9.08. The average molecular weight is 178 g/mol. The Morgan fingerprint density at radius 3 is 3.08 bits per heavy atom. The van der Waals surface area contributed by atoms with Gasteiger partial charge in [0.15, 0.2) is 0 Å². The molecule has 0 amide bonds. The van der Waals surface area contributed by atoms with Gasteiger partial charge in [0.25, 0.3) is 0 Å². The summed E-state index contributed by atoms with van der Waals surface area (Å²) in [4.78, 5) is 0. The van der Waals surface area contributed by atoms with Crippen LogP contribution in [0.1, 0.15) is 29.5 Å². The van der Waals surface area contributed by atoms with Crippen LogP contribution in [-0.2, 0) is 18.0 Å². The Balaban J connectivity index is 2.41. The highest BCUT2D eigenvalue weighted by molar-refractivity contribution is 5.38. The van der Waals surface area contributed by atoms with Gasteiger partial charge < -0.3 is 9.84 Å². The van der Waals surface area contributed by atoms with Gasteiger partial charge in [-0.25, -0.2) is 0 Å². The minimum absolute atomic E-state index is 0.205. The molecule has 2 rings (SSSR count). The lowest BCUT2D eigenvalue weighted by atomic mass is 9.94. The van der Waals surface area contributed by atoms with E-state index in [1.807, 2.05) is 13.0 Å². The van der Waals surface area contributed by atoms with Gasteiger partial charge in [-0.1, -0.05) is 25.1 Å². The van der Waals surface area contributed by atoms with Gasteiger partial charge >= 0.3 is 0 Å². The molecular formula is C11H14O2. The van der Waals surface area contributed by atoms with Gasteiger partial charge in [0, 0.05) is 12.5 Å². The Kier molecular flexibility index (Phi) is 2.34. The second-order valence-corrected chi connectivity index (χ2v) is 3.56. The van der Waals surface area contributed by atoms with Gasteiger partial charge in [0.05, 0.1) is 13.2 Å². The van der Waals surface area contributed by atoms with Crippen molar-refractivity contribution in [2.45, 2.75) is 26.1 Å². The van der Waals surface area contributed by atoms with E-state index in [4.69, 9.17) is 9.84 Å². The van der Waals surface area contributed by atoms with E-state index in [-0.39, 0.29) is 12.5 Å². The third-order valence-corrected chi connectivity index (χ3v) is 2.62. The first-order valence-corrected chi connectivity index (χ1v) is 4.62. The molecule has 1 aromatic carbocycles. The maximum absolute atomic E-state index is 9.08. The summed E-state index contributed by atoms with van der Waals surface area (Å²) in [5, 5.41) is 9.08. The van der Waals surface area contributed by atoms with Crippen LogP contribution in [0, 0.1) is 0 Å². The molecule has 0 spiro atoms. The molecule has 2 nitrogen and oxygen atoms in total. The second kappa shape index (κ2) is 3.48. The summed E-state index contributed by atoms with van der Waals surface area (Å²) in [5.74, 6) is 0.219. The molecule has 70 valence electrons. The van der Waals surface area contributed by atoms with E-state index in [1.165, 1.54) is 16.7 Å². The summed E-state index contributed by atoms with van der Waals surface area (Å²) in [7, 11) is 0. The molecule has 0 saturated heterocycles. The van der Waals surface area contributed by atoms with Crippen molar-refractivity contribution in [1.82, 2.24) is 0 Å². The van der Waals surface area contributed by atoms with Crippen molar-refractivity contribution in [2.24, 2.45) is 0 Å². The number of rotatable bonds is 2. The Hall–Kier alpha value is -0.860. The summed E-state index contributed by atoms with van der Waals surface area (Å²) in [5.41, 5.74) is 3.79. The minimum atomic E-state index is 0.205. The van der Waals surface area contributed by atoms with Crippen molar-refractivity contribution in [3.63, 3.8) is 0 Å². The number of hydrogen-bond acceptors (Lipinski definition) is 2. The molecule has 0 aromatic heterocycles. The maximum Gasteiger partial charge on any atom is 0.0727 e. The summed E-state index contributed by atoms with van der Waals surface area (Å²) in [6.45, 7) is 3.67. The molecule has 13 heavy (non-hydrogen) atoms. The molecule has 0 radical (unpaired) electrons. The van der Waals surface area contributed by atoms with E-state index in [2.05, 4.69) is 12.1 Å². The molecule has 0 saturated carbocycles. The highest BCUT2D eigenvalue weighted by Gasteiger charge is 2.17. The Labute approximate surface area is 78.2 Å². The first-order chi connectivity index (χ1) is 6.33. The van der Waals surface area contributed by atoms with Gasteiger partial charge in [0.1, 0.15) is 0 Å². The zero-order valence-corrected chi connectivity index (χ0v) is 7.79. The van der Waals surface area contributed by atoms with Crippen molar-refractivity contribution in [3.05, 3.63) is 34.9 Å². The van der Waals surface area contributed by atoms with Crippen LogP contribution >= 0.6 is 0 Å². The number of aliphatic hydroxyl groups excluding tert-OH is 1. The minimum Gasteiger partial charge on any atom is -0.396 e. The largest absolute Gasteiger partial charge is 0.396 e. The fraction of sp³-hybridized carbons (Fsp3) is 0.455. The van der Waals surface area contributed by atoms with Crippen LogP contribution < -0.4 is 0 Å². The number of hydrogen-bond donors (Lipinski definition) is 1. The van der Waals surface area contributed by atoms with Gasteiger partial charge in [-0.2, -0.15) is 0 Å². The summed E-state index contributed by atoms with van der Waals surface area (Å²) >= 11 is 0. The van der Waals surface area contributed by atoms with Gasteiger partial charge in [0.2, 0.25) is 0 Å². The van der Waals surface area contributed by atoms with Crippen molar-refractivity contribution in [2.75, 3.05) is 6.61 Å². The topological polar surface area (TPSA) is 29.5 Å². The quantitative estimate of drug-likeness (QED) is 0.748. The second-order valence-electron chi connectivity index (χ2n) is 3.56. The van der Waals surface area contributed by atoms with Crippen LogP contribution in [0.3, 0.4) is 0 Å². The molecule has 0 fully saturated rings. The zero-order chi connectivity index (χ0) is 9.26. The lowest BCUT2D eigenvalue weighted by Gasteiger charge is -2.12. The third-order valence-electron chi connectivity index (χ3n) is 2.62. The monoisotopic (exact) mass is 178 g/mol. The van der Waals surface area contributed by atoms with Crippen LogP contribution in [0.25, 0.3) is 0 Å². The number of fused-ring (bicyclic) bond motifs is 1. The number of ether oxygens (including phenoxy) is 1. The smallest absolute Gasteiger partial charge is 0.0727 e. The Bertz CT molecular complexity index is 307. The van der Waals surface area contributed by atoms with Crippen LogP contribution in [-0.4, -0.2) is 11.7 Å². The van der Waals surface area contributed by atoms with Crippen LogP contribution in [0.5, 0.6) is 0 Å². The predicted octanol–water partition coefficient (Wildman–Crippen LogP) is 1.81. The van der Waals surface area contributed by atoms with E-state index in [9.17, 15) is 0 Å². The fourth-order valence-electron chi connectivity index (χ4n) is 1.79. The molecule has 0 bridgehead atoms. The highest BCUT2D eigenvalue weighted by Crippen LogP contribution is 2.28. The summed E-state index contributed by atoms with van der Waals surface area (Å²) < 4.78 is 5.37. The van der Waals surface area contributed by atoms with Gasteiger partial charge in [-0.3, -0.25) is 0 Å². The van der Waals surface area contributed by atoms with Crippen LogP contribution in [0.2, 0.25) is 0 Å². The van der Waals surface area contributed by atoms with Crippen molar-refractivity contribution in [1.29, 1.82) is 0 Å². The van der Waals surface area contributed by atoms with Crippen molar-refractivity contribution < 1.29 is 9.84 Å². The molecule has 2 heteroatoms. The molecule has 1 unspecified atom stereocenters. The van der Waals surface area contributed by atoms with E-state index in [0.29, 0.717) is 6.61 Å². The van der Waals surface area contributed by atoms with E-state index < -0.39 is 0 Å². The SMILES string of the molecule is CC(CO)c1cccc2c1COC2. The molecule has 1 atom stereocenters. The van der Waals surface area contributed by atoms with Crippen LogP contribution in [0.15, 0.2) is 18.2 Å². The fourth-order valence-corrected chi connectivity index (χ4v) is 1.79. The summed E-state index contributed by atoms with van der Waals surface area (Å²) in [6.07, 6.45) is 0. The Morgan fingerprint density at radius 1 is 1.46 bits per heavy atom. The van der Waals surface area contributed by atoms with Gasteiger partial charge in [-0.05, 0) is 16.7 Å². The molecule has 1 aromatic rings. The lowest BCUT2D eigenvalue weighted by Crippen LogP contribution is -2.02. The standard InChI is InChI=1S/C11H14O2/c1-8(5-12)10-4-2-3-9-6-13-7-11(9)10/h2-4,8,12H,5-7H2,1H3. The van der Waals surface area contributed by atoms with E-state index in [0.717, 1.165) is 6.61 Å². The molecular weight excluding hydrogens is 164 g/mol. The van der Waals surface area contributed by atoms with Gasteiger partial charge in [-0.15, -0.1) is 0 Å². The molecule has 1 aliphatic heterocycles. The normalized spacial score (nSPS) is 17.1. The molecule has 1 heterocycles.